The molecule has 0 radical (unpaired) electrons. The number of carbonyl (C=O) groups is 2. The highest BCUT2D eigenvalue weighted by Crippen LogP contribution is 2.33. The summed E-state index contributed by atoms with van der Waals surface area (Å²) in [5.74, 6) is -1.65. The van der Waals surface area contributed by atoms with Crippen LogP contribution in [0.15, 0.2) is 27.4 Å². The number of amides is 1. The van der Waals surface area contributed by atoms with Gasteiger partial charge in [-0.25, -0.2) is 9.59 Å². The fourth-order valence-corrected chi connectivity index (χ4v) is 3.79. The lowest BCUT2D eigenvalue weighted by Gasteiger charge is -2.06. The molecule has 0 bridgehead atoms. The largest absolute Gasteiger partial charge is 0.465 e. The van der Waals surface area contributed by atoms with E-state index in [1.165, 1.54) is 29.1 Å². The predicted molar refractivity (Wildman–Crippen MR) is 99.2 cm³/mol. The molecule has 0 unspecified atom stereocenters. The standard InChI is InChI=1S/C17H15ClN2O5S/c1-8-9(2)26-15(14(8)16(22)24-3)19-13(21)7-20-11-5-4-10(18)6-12(11)25-17(20)23/h4-6H,7H2,1-3H3,(H,19,21). The molecule has 136 valence electrons. The maximum Gasteiger partial charge on any atom is 0.420 e. The molecule has 0 spiro atoms. The number of nitrogens with zero attached hydrogens (tertiary/aromatic N) is 1. The van der Waals surface area contributed by atoms with E-state index in [9.17, 15) is 14.4 Å². The summed E-state index contributed by atoms with van der Waals surface area (Å²) in [5, 5.41) is 3.50. The van der Waals surface area contributed by atoms with Gasteiger partial charge in [0, 0.05) is 16.0 Å². The van der Waals surface area contributed by atoms with Gasteiger partial charge in [0.15, 0.2) is 5.58 Å². The van der Waals surface area contributed by atoms with Crippen LogP contribution in [0.3, 0.4) is 0 Å². The maximum atomic E-state index is 12.4. The van der Waals surface area contributed by atoms with Crippen molar-refractivity contribution in [2.75, 3.05) is 12.4 Å². The number of aromatic nitrogens is 1. The van der Waals surface area contributed by atoms with Gasteiger partial charge in [0.2, 0.25) is 5.91 Å². The average molecular weight is 395 g/mol. The number of methoxy groups -OCH3 is 1. The minimum Gasteiger partial charge on any atom is -0.465 e. The number of hydrogen-bond donors (Lipinski definition) is 1. The van der Waals surface area contributed by atoms with E-state index in [1.54, 1.807) is 19.1 Å². The first-order valence-corrected chi connectivity index (χ1v) is 8.78. The van der Waals surface area contributed by atoms with Crippen molar-refractivity contribution in [3.8, 4) is 0 Å². The van der Waals surface area contributed by atoms with E-state index < -0.39 is 17.6 Å². The minimum absolute atomic E-state index is 0.260. The normalized spacial score (nSPS) is 10.9. The van der Waals surface area contributed by atoms with Crippen LogP contribution in [0, 0.1) is 13.8 Å². The summed E-state index contributed by atoms with van der Waals surface area (Å²) in [6.07, 6.45) is 0. The Kier molecular flexibility index (Phi) is 4.88. The van der Waals surface area contributed by atoms with Gasteiger partial charge >= 0.3 is 11.7 Å². The third-order valence-corrected chi connectivity index (χ3v) is 5.32. The molecule has 0 saturated heterocycles. The number of aryl methyl sites for hydroxylation is 1. The summed E-state index contributed by atoms with van der Waals surface area (Å²) in [5.41, 5.74) is 1.83. The molecular weight excluding hydrogens is 380 g/mol. The molecule has 0 aliphatic heterocycles. The lowest BCUT2D eigenvalue weighted by molar-refractivity contribution is -0.116. The molecule has 0 fully saturated rings. The number of benzene rings is 1. The third-order valence-electron chi connectivity index (χ3n) is 3.96. The SMILES string of the molecule is COC(=O)c1c(NC(=O)Cn2c(=O)oc3cc(Cl)ccc32)sc(C)c1C. The van der Waals surface area contributed by atoms with Gasteiger partial charge in [-0.15, -0.1) is 11.3 Å². The van der Waals surface area contributed by atoms with Crippen LogP contribution in [0.5, 0.6) is 0 Å². The number of hydrogen-bond acceptors (Lipinski definition) is 6. The number of nitrogens with one attached hydrogen (secondary N) is 1. The van der Waals surface area contributed by atoms with E-state index in [0.29, 0.717) is 26.7 Å². The van der Waals surface area contributed by atoms with Crippen LogP contribution in [0.2, 0.25) is 5.02 Å². The lowest BCUT2D eigenvalue weighted by Crippen LogP contribution is -2.25. The Bertz CT molecular complexity index is 1080. The zero-order chi connectivity index (χ0) is 19.0. The molecule has 2 aromatic heterocycles. The Hall–Kier alpha value is -2.58. The maximum absolute atomic E-state index is 12.4. The van der Waals surface area contributed by atoms with Crippen LogP contribution >= 0.6 is 22.9 Å². The molecule has 0 saturated carbocycles. The molecule has 2 heterocycles. The van der Waals surface area contributed by atoms with Gasteiger partial charge in [-0.05, 0) is 31.5 Å². The van der Waals surface area contributed by atoms with Gasteiger partial charge in [0.1, 0.15) is 11.5 Å². The van der Waals surface area contributed by atoms with Crippen molar-refractivity contribution in [1.29, 1.82) is 0 Å². The summed E-state index contributed by atoms with van der Waals surface area (Å²) >= 11 is 7.15. The first-order chi connectivity index (χ1) is 12.3. The molecule has 9 heteroatoms. The van der Waals surface area contributed by atoms with Crippen LogP contribution in [0.25, 0.3) is 11.1 Å². The van der Waals surface area contributed by atoms with Crippen LogP contribution in [-0.4, -0.2) is 23.6 Å². The number of ether oxygens (including phenoxy) is 1. The Morgan fingerprint density at radius 3 is 2.77 bits per heavy atom. The van der Waals surface area contributed by atoms with E-state index in [0.717, 1.165) is 10.4 Å². The van der Waals surface area contributed by atoms with E-state index in [1.807, 2.05) is 6.92 Å². The number of rotatable bonds is 4. The number of halogens is 1. The first kappa shape index (κ1) is 18.2. The van der Waals surface area contributed by atoms with Crippen molar-refractivity contribution >= 4 is 50.9 Å². The molecule has 0 aliphatic rings. The number of fused-ring (bicyclic) bond motifs is 1. The molecule has 3 aromatic rings. The van der Waals surface area contributed by atoms with Crippen molar-refractivity contribution in [1.82, 2.24) is 4.57 Å². The number of esters is 1. The lowest BCUT2D eigenvalue weighted by atomic mass is 10.1. The second-order valence-electron chi connectivity index (χ2n) is 5.59. The zero-order valence-electron chi connectivity index (χ0n) is 14.2. The fraction of sp³-hybridized carbons (Fsp3) is 0.235. The highest BCUT2D eigenvalue weighted by molar-refractivity contribution is 7.16. The van der Waals surface area contributed by atoms with Crippen molar-refractivity contribution < 1.29 is 18.7 Å². The van der Waals surface area contributed by atoms with Crippen molar-refractivity contribution in [2.45, 2.75) is 20.4 Å². The molecule has 1 amide bonds. The topological polar surface area (TPSA) is 90.5 Å². The van der Waals surface area contributed by atoms with E-state index in [2.05, 4.69) is 5.32 Å². The molecule has 0 aliphatic carbocycles. The predicted octanol–water partition coefficient (Wildman–Crippen LogP) is 3.35. The highest BCUT2D eigenvalue weighted by Gasteiger charge is 2.22. The monoisotopic (exact) mass is 394 g/mol. The Morgan fingerprint density at radius 2 is 2.08 bits per heavy atom. The molecule has 1 N–H and O–H groups in total. The number of thiophene rings is 1. The molecule has 1 aromatic carbocycles. The van der Waals surface area contributed by atoms with Gasteiger partial charge in [0.25, 0.3) is 0 Å². The second-order valence-corrected chi connectivity index (χ2v) is 7.25. The second kappa shape index (κ2) is 6.97. The van der Waals surface area contributed by atoms with E-state index in [-0.39, 0.29) is 6.54 Å². The zero-order valence-corrected chi connectivity index (χ0v) is 15.8. The van der Waals surface area contributed by atoms with Gasteiger partial charge in [-0.2, -0.15) is 0 Å². The molecule has 7 nitrogen and oxygen atoms in total. The van der Waals surface area contributed by atoms with E-state index in [4.69, 9.17) is 20.8 Å². The molecule has 3 rings (SSSR count). The van der Waals surface area contributed by atoms with Crippen molar-refractivity contribution in [3.05, 3.63) is 49.8 Å². The smallest absolute Gasteiger partial charge is 0.420 e. The molecule has 26 heavy (non-hydrogen) atoms. The molecule has 0 atom stereocenters. The Balaban J connectivity index is 1.89. The van der Waals surface area contributed by atoms with Crippen molar-refractivity contribution in [2.24, 2.45) is 0 Å². The quantitative estimate of drug-likeness (QED) is 0.685. The summed E-state index contributed by atoms with van der Waals surface area (Å²) in [6.45, 7) is 3.37. The summed E-state index contributed by atoms with van der Waals surface area (Å²) in [4.78, 5) is 37.3. The number of oxazole rings is 1. The fourth-order valence-electron chi connectivity index (χ4n) is 2.56. The average Bonchev–Trinajstić information content (AvgIpc) is 3.03. The van der Waals surface area contributed by atoms with Gasteiger partial charge < -0.3 is 14.5 Å². The summed E-state index contributed by atoms with van der Waals surface area (Å²) in [6, 6.07) is 4.72. The highest BCUT2D eigenvalue weighted by atomic mass is 35.5. The summed E-state index contributed by atoms with van der Waals surface area (Å²) < 4.78 is 11.1. The van der Waals surface area contributed by atoms with E-state index >= 15 is 0 Å². The first-order valence-electron chi connectivity index (χ1n) is 7.59. The third kappa shape index (κ3) is 3.25. The van der Waals surface area contributed by atoms with Gasteiger partial charge in [-0.1, -0.05) is 11.6 Å². The minimum atomic E-state index is -0.663. The summed E-state index contributed by atoms with van der Waals surface area (Å²) in [7, 11) is 1.28. The van der Waals surface area contributed by atoms with Crippen molar-refractivity contribution in [3.63, 3.8) is 0 Å². The van der Waals surface area contributed by atoms with Crippen LogP contribution in [-0.2, 0) is 16.1 Å². The number of carbonyl (C=O) groups excluding carboxylic acids is 2. The van der Waals surface area contributed by atoms with Crippen LogP contribution in [0.4, 0.5) is 5.00 Å². The Morgan fingerprint density at radius 1 is 1.35 bits per heavy atom. The van der Waals surface area contributed by atoms with Crippen LogP contribution < -0.4 is 11.1 Å². The van der Waals surface area contributed by atoms with Gasteiger partial charge in [-0.3, -0.25) is 9.36 Å². The number of anilines is 1. The molecular formula is C17H15ClN2O5S. The Labute approximate surface area is 157 Å². The van der Waals surface area contributed by atoms with Crippen LogP contribution in [0.1, 0.15) is 20.8 Å². The van der Waals surface area contributed by atoms with Gasteiger partial charge in [0.05, 0.1) is 18.2 Å².